The summed E-state index contributed by atoms with van der Waals surface area (Å²) in [7, 11) is 0. The summed E-state index contributed by atoms with van der Waals surface area (Å²) in [6, 6.07) is 16.6. The number of aryl methyl sites for hydroxylation is 1. The Hall–Kier alpha value is -2.98. The Morgan fingerprint density at radius 3 is 2.56 bits per heavy atom. The summed E-state index contributed by atoms with van der Waals surface area (Å²) < 4.78 is 11.2. The number of benzene rings is 3. The molecule has 0 atom stereocenters. The second kappa shape index (κ2) is 7.33. The van der Waals surface area contributed by atoms with Crippen molar-refractivity contribution < 1.29 is 14.4 Å². The molecule has 4 aromatic rings. The lowest BCUT2D eigenvalue weighted by molar-refractivity contribution is 0.455. The maximum atomic E-state index is 10.5. The number of hydrogen-bond acceptors (Lipinski definition) is 4. The molecule has 0 saturated heterocycles. The Labute approximate surface area is 161 Å². The van der Waals surface area contributed by atoms with Crippen LogP contribution in [0.4, 0.5) is 0 Å². The normalized spacial score (nSPS) is 11.0. The quantitative estimate of drug-likeness (QED) is 0.424. The summed E-state index contributed by atoms with van der Waals surface area (Å²) in [5.74, 6) is 1.67. The van der Waals surface area contributed by atoms with E-state index in [-0.39, 0.29) is 5.75 Å². The van der Waals surface area contributed by atoms with Crippen LogP contribution in [0.2, 0.25) is 5.02 Å². The summed E-state index contributed by atoms with van der Waals surface area (Å²) >= 11 is 5.93. The molecular formula is C22H18ClNO3. The molecule has 0 amide bonds. The van der Waals surface area contributed by atoms with E-state index in [1.807, 2.05) is 36.4 Å². The van der Waals surface area contributed by atoms with E-state index >= 15 is 0 Å². The van der Waals surface area contributed by atoms with Gasteiger partial charge in [0.2, 0.25) is 0 Å². The van der Waals surface area contributed by atoms with Gasteiger partial charge in [0.15, 0.2) is 5.58 Å². The van der Waals surface area contributed by atoms with Gasteiger partial charge in [0.05, 0.1) is 6.20 Å². The van der Waals surface area contributed by atoms with E-state index in [1.54, 1.807) is 24.4 Å². The molecule has 0 aliphatic heterocycles. The molecule has 0 fully saturated rings. The summed E-state index contributed by atoms with van der Waals surface area (Å²) in [6.07, 6.45) is 3.43. The molecule has 136 valence electrons. The van der Waals surface area contributed by atoms with Gasteiger partial charge in [0.25, 0.3) is 0 Å². The highest BCUT2D eigenvalue weighted by Crippen LogP contribution is 2.37. The molecule has 1 heterocycles. The SMILES string of the molecule is CCCc1cc(Oc2ccc(Cl)cc2)ccc1-c1cc2oncc2cc1O. The molecule has 4 rings (SSSR count). The lowest BCUT2D eigenvalue weighted by Crippen LogP contribution is -1.93. The maximum absolute atomic E-state index is 10.5. The molecule has 1 aromatic heterocycles. The van der Waals surface area contributed by atoms with Gasteiger partial charge in [-0.05, 0) is 66.1 Å². The molecular weight excluding hydrogens is 362 g/mol. The molecule has 0 bridgehead atoms. The fraction of sp³-hybridized carbons (Fsp3) is 0.136. The third-order valence-corrected chi connectivity index (χ3v) is 4.66. The smallest absolute Gasteiger partial charge is 0.167 e. The van der Waals surface area contributed by atoms with Gasteiger partial charge in [-0.25, -0.2) is 0 Å². The minimum atomic E-state index is 0.203. The summed E-state index contributed by atoms with van der Waals surface area (Å²) in [5.41, 5.74) is 3.42. The number of halogens is 1. The Morgan fingerprint density at radius 2 is 1.78 bits per heavy atom. The number of aromatic nitrogens is 1. The molecule has 0 saturated carbocycles. The fourth-order valence-electron chi connectivity index (χ4n) is 3.13. The molecule has 3 aromatic carbocycles. The van der Waals surface area contributed by atoms with Gasteiger partial charge in [-0.1, -0.05) is 36.2 Å². The minimum Gasteiger partial charge on any atom is -0.507 e. The van der Waals surface area contributed by atoms with Crippen molar-refractivity contribution in [2.45, 2.75) is 19.8 Å². The molecule has 1 N–H and O–H groups in total. The molecule has 5 heteroatoms. The average molecular weight is 380 g/mol. The van der Waals surface area contributed by atoms with Crippen molar-refractivity contribution in [3.8, 4) is 28.4 Å². The van der Waals surface area contributed by atoms with Crippen molar-refractivity contribution in [1.82, 2.24) is 5.16 Å². The maximum Gasteiger partial charge on any atom is 0.167 e. The number of nitrogens with zero attached hydrogens (tertiary/aromatic N) is 1. The van der Waals surface area contributed by atoms with Crippen LogP contribution < -0.4 is 4.74 Å². The van der Waals surface area contributed by atoms with Gasteiger partial charge in [-0.2, -0.15) is 0 Å². The zero-order valence-electron chi connectivity index (χ0n) is 14.8. The number of rotatable bonds is 5. The van der Waals surface area contributed by atoms with E-state index in [0.29, 0.717) is 10.6 Å². The van der Waals surface area contributed by atoms with Gasteiger partial charge in [0, 0.05) is 16.0 Å². The molecule has 0 aliphatic carbocycles. The largest absolute Gasteiger partial charge is 0.507 e. The van der Waals surface area contributed by atoms with E-state index in [4.69, 9.17) is 20.9 Å². The van der Waals surface area contributed by atoms with Crippen molar-refractivity contribution in [3.63, 3.8) is 0 Å². The number of phenolic OH excluding ortho intramolecular Hbond substituents is 1. The Bertz CT molecular complexity index is 1090. The highest BCUT2D eigenvalue weighted by atomic mass is 35.5. The van der Waals surface area contributed by atoms with Gasteiger partial charge < -0.3 is 14.4 Å². The van der Waals surface area contributed by atoms with Crippen LogP contribution in [0.3, 0.4) is 0 Å². The van der Waals surface area contributed by atoms with Crippen molar-refractivity contribution in [2.24, 2.45) is 0 Å². The van der Waals surface area contributed by atoms with Crippen LogP contribution >= 0.6 is 11.6 Å². The lowest BCUT2D eigenvalue weighted by Gasteiger charge is -2.13. The van der Waals surface area contributed by atoms with Crippen LogP contribution in [0.5, 0.6) is 17.2 Å². The first-order chi connectivity index (χ1) is 13.1. The second-order valence-corrected chi connectivity index (χ2v) is 6.79. The summed E-state index contributed by atoms with van der Waals surface area (Å²) in [5, 5.41) is 15.7. The van der Waals surface area contributed by atoms with Gasteiger partial charge in [0.1, 0.15) is 17.2 Å². The number of fused-ring (bicyclic) bond motifs is 1. The van der Waals surface area contributed by atoms with Crippen LogP contribution in [-0.2, 0) is 6.42 Å². The van der Waals surface area contributed by atoms with E-state index in [9.17, 15) is 5.11 Å². The lowest BCUT2D eigenvalue weighted by atomic mass is 9.95. The van der Waals surface area contributed by atoms with Gasteiger partial charge >= 0.3 is 0 Å². The molecule has 27 heavy (non-hydrogen) atoms. The van der Waals surface area contributed by atoms with E-state index in [2.05, 4.69) is 12.1 Å². The zero-order valence-corrected chi connectivity index (χ0v) is 15.5. The van der Waals surface area contributed by atoms with Crippen molar-refractivity contribution >= 4 is 22.6 Å². The minimum absolute atomic E-state index is 0.203. The fourth-order valence-corrected chi connectivity index (χ4v) is 3.26. The van der Waals surface area contributed by atoms with Crippen molar-refractivity contribution in [1.29, 1.82) is 0 Å². The topological polar surface area (TPSA) is 55.5 Å². The Morgan fingerprint density at radius 1 is 1.00 bits per heavy atom. The molecule has 0 aliphatic rings. The van der Waals surface area contributed by atoms with Crippen LogP contribution in [0.15, 0.2) is 65.3 Å². The van der Waals surface area contributed by atoms with Crippen molar-refractivity contribution in [2.75, 3.05) is 0 Å². The van der Waals surface area contributed by atoms with Crippen LogP contribution in [0.25, 0.3) is 22.1 Å². The summed E-state index contributed by atoms with van der Waals surface area (Å²) in [4.78, 5) is 0. The van der Waals surface area contributed by atoms with E-state index in [0.717, 1.165) is 46.4 Å². The van der Waals surface area contributed by atoms with Crippen LogP contribution in [-0.4, -0.2) is 10.3 Å². The van der Waals surface area contributed by atoms with Crippen molar-refractivity contribution in [3.05, 3.63) is 71.4 Å². The number of ether oxygens (including phenoxy) is 1. The van der Waals surface area contributed by atoms with Gasteiger partial charge in [-0.3, -0.25) is 0 Å². The summed E-state index contributed by atoms with van der Waals surface area (Å²) in [6.45, 7) is 2.12. The Balaban J connectivity index is 1.73. The predicted molar refractivity (Wildman–Crippen MR) is 107 cm³/mol. The van der Waals surface area contributed by atoms with E-state index in [1.165, 1.54) is 0 Å². The number of phenols is 1. The number of aromatic hydroxyl groups is 1. The van der Waals surface area contributed by atoms with Gasteiger partial charge in [-0.15, -0.1) is 0 Å². The second-order valence-electron chi connectivity index (χ2n) is 6.36. The highest BCUT2D eigenvalue weighted by Gasteiger charge is 2.14. The zero-order chi connectivity index (χ0) is 18.8. The molecule has 4 nitrogen and oxygen atoms in total. The first-order valence-corrected chi connectivity index (χ1v) is 9.16. The third kappa shape index (κ3) is 3.62. The third-order valence-electron chi connectivity index (χ3n) is 4.41. The van der Waals surface area contributed by atoms with Crippen LogP contribution in [0.1, 0.15) is 18.9 Å². The highest BCUT2D eigenvalue weighted by molar-refractivity contribution is 6.30. The molecule has 0 radical (unpaired) electrons. The first-order valence-electron chi connectivity index (χ1n) is 8.78. The monoisotopic (exact) mass is 379 g/mol. The van der Waals surface area contributed by atoms with E-state index < -0.39 is 0 Å². The average Bonchev–Trinajstić information content (AvgIpc) is 3.11. The standard InChI is InChI=1S/C22H18ClNO3/c1-2-3-14-10-18(26-17-6-4-16(23)5-7-17)8-9-19(14)20-12-22-15(11-21(20)25)13-24-27-22/h4-13,25H,2-3H2,1H3. The Kier molecular flexibility index (Phi) is 4.73. The molecule has 0 unspecified atom stereocenters. The van der Waals surface area contributed by atoms with Crippen LogP contribution in [0, 0.1) is 0 Å². The number of hydrogen-bond donors (Lipinski definition) is 1. The first kappa shape index (κ1) is 17.4. The molecule has 0 spiro atoms. The predicted octanol–water partition coefficient (Wildman–Crippen LogP) is 6.60.